The minimum absolute atomic E-state index is 0.238. The zero-order chi connectivity index (χ0) is 8.74. The standard InChI is InChI=1S/C10H19N/c1-5-6-7-8-9-11-10(2,3)4/h5-7,11H,1,8-9H2,2-4H3. The van der Waals surface area contributed by atoms with Crippen LogP contribution in [0.3, 0.4) is 0 Å². The van der Waals surface area contributed by atoms with Crippen molar-refractivity contribution in [2.24, 2.45) is 0 Å². The maximum Gasteiger partial charge on any atom is 0.00966 e. The lowest BCUT2D eigenvalue weighted by Gasteiger charge is -2.19. The molecule has 0 heterocycles. The highest BCUT2D eigenvalue weighted by atomic mass is 14.9. The highest BCUT2D eigenvalue weighted by Crippen LogP contribution is 1.97. The Balaban J connectivity index is 3.28. The Morgan fingerprint density at radius 2 is 2.00 bits per heavy atom. The second-order valence-electron chi connectivity index (χ2n) is 3.63. The minimum Gasteiger partial charge on any atom is -0.312 e. The third kappa shape index (κ3) is 9.44. The molecule has 0 amide bonds. The number of allylic oxidation sites excluding steroid dienone is 2. The first-order valence-electron chi connectivity index (χ1n) is 4.09. The molecule has 0 radical (unpaired) electrons. The summed E-state index contributed by atoms with van der Waals surface area (Å²) in [6.07, 6.45) is 6.97. The summed E-state index contributed by atoms with van der Waals surface area (Å²) in [6.45, 7) is 11.1. The maximum atomic E-state index is 3.60. The molecule has 0 aliphatic rings. The van der Waals surface area contributed by atoms with Crippen LogP contribution in [0.5, 0.6) is 0 Å². The molecule has 0 aromatic heterocycles. The number of hydrogen-bond donors (Lipinski definition) is 1. The lowest BCUT2D eigenvalue weighted by atomic mass is 10.1. The molecular weight excluding hydrogens is 134 g/mol. The van der Waals surface area contributed by atoms with Crippen LogP contribution in [0.2, 0.25) is 0 Å². The Hall–Kier alpha value is -0.560. The summed E-state index contributed by atoms with van der Waals surface area (Å²) in [5.74, 6) is 0. The van der Waals surface area contributed by atoms with Crippen LogP contribution >= 0.6 is 0 Å². The Morgan fingerprint density at radius 3 is 2.45 bits per heavy atom. The Labute approximate surface area is 70.2 Å². The van der Waals surface area contributed by atoms with Crippen LogP contribution in [-0.2, 0) is 0 Å². The van der Waals surface area contributed by atoms with Gasteiger partial charge in [-0.25, -0.2) is 0 Å². The van der Waals surface area contributed by atoms with Gasteiger partial charge < -0.3 is 5.32 Å². The summed E-state index contributed by atoms with van der Waals surface area (Å²) in [5, 5.41) is 3.40. The summed E-state index contributed by atoms with van der Waals surface area (Å²) in [5.41, 5.74) is 0.238. The Bertz CT molecular complexity index is 128. The second kappa shape index (κ2) is 5.14. The lowest BCUT2D eigenvalue weighted by Crippen LogP contribution is -2.36. The van der Waals surface area contributed by atoms with E-state index in [-0.39, 0.29) is 5.54 Å². The van der Waals surface area contributed by atoms with Crippen molar-refractivity contribution < 1.29 is 0 Å². The highest BCUT2D eigenvalue weighted by Gasteiger charge is 2.05. The van der Waals surface area contributed by atoms with Crippen LogP contribution < -0.4 is 5.32 Å². The average Bonchev–Trinajstić information content (AvgIpc) is 1.85. The van der Waals surface area contributed by atoms with Crippen molar-refractivity contribution >= 4 is 0 Å². The van der Waals surface area contributed by atoms with Gasteiger partial charge in [-0.15, -0.1) is 0 Å². The van der Waals surface area contributed by atoms with E-state index in [0.717, 1.165) is 13.0 Å². The van der Waals surface area contributed by atoms with E-state index in [1.165, 1.54) is 0 Å². The van der Waals surface area contributed by atoms with Crippen LogP contribution in [0.1, 0.15) is 27.2 Å². The number of rotatable bonds is 4. The topological polar surface area (TPSA) is 12.0 Å². The van der Waals surface area contributed by atoms with Crippen molar-refractivity contribution in [3.63, 3.8) is 0 Å². The molecule has 0 rings (SSSR count). The summed E-state index contributed by atoms with van der Waals surface area (Å²) in [4.78, 5) is 0. The summed E-state index contributed by atoms with van der Waals surface area (Å²) < 4.78 is 0. The first kappa shape index (κ1) is 10.4. The smallest absolute Gasteiger partial charge is 0.00966 e. The van der Waals surface area contributed by atoms with Crippen LogP contribution in [-0.4, -0.2) is 12.1 Å². The van der Waals surface area contributed by atoms with Crippen molar-refractivity contribution in [3.05, 3.63) is 24.8 Å². The van der Waals surface area contributed by atoms with Crippen molar-refractivity contribution in [2.75, 3.05) is 6.54 Å². The number of hydrogen-bond acceptors (Lipinski definition) is 1. The van der Waals surface area contributed by atoms with Gasteiger partial charge in [-0.1, -0.05) is 24.8 Å². The summed E-state index contributed by atoms with van der Waals surface area (Å²) in [6, 6.07) is 0. The fourth-order valence-electron chi connectivity index (χ4n) is 0.723. The second-order valence-corrected chi connectivity index (χ2v) is 3.63. The lowest BCUT2D eigenvalue weighted by molar-refractivity contribution is 0.431. The molecule has 0 saturated carbocycles. The van der Waals surface area contributed by atoms with Gasteiger partial charge in [0.2, 0.25) is 0 Å². The fraction of sp³-hybridized carbons (Fsp3) is 0.600. The van der Waals surface area contributed by atoms with Gasteiger partial charge >= 0.3 is 0 Å². The monoisotopic (exact) mass is 153 g/mol. The van der Waals surface area contributed by atoms with Crippen molar-refractivity contribution in [2.45, 2.75) is 32.7 Å². The third-order valence-electron chi connectivity index (χ3n) is 1.24. The predicted molar refractivity (Wildman–Crippen MR) is 51.7 cm³/mol. The molecular formula is C10H19N. The minimum atomic E-state index is 0.238. The molecule has 0 aromatic rings. The SMILES string of the molecule is C=CC=CCCNC(C)(C)C. The zero-order valence-electron chi connectivity index (χ0n) is 7.85. The average molecular weight is 153 g/mol. The first-order chi connectivity index (χ1) is 5.06. The van der Waals surface area contributed by atoms with E-state index in [4.69, 9.17) is 0 Å². The molecule has 0 bridgehead atoms. The van der Waals surface area contributed by atoms with E-state index in [2.05, 4.69) is 38.7 Å². The molecule has 11 heavy (non-hydrogen) atoms. The molecule has 0 fully saturated rings. The molecule has 1 N–H and O–H groups in total. The molecule has 0 aliphatic heterocycles. The van der Waals surface area contributed by atoms with Crippen LogP contribution in [0, 0.1) is 0 Å². The summed E-state index contributed by atoms with van der Waals surface area (Å²) >= 11 is 0. The molecule has 1 nitrogen and oxygen atoms in total. The molecule has 0 aromatic carbocycles. The van der Waals surface area contributed by atoms with Crippen molar-refractivity contribution in [1.29, 1.82) is 0 Å². The van der Waals surface area contributed by atoms with E-state index < -0.39 is 0 Å². The molecule has 0 aliphatic carbocycles. The quantitative estimate of drug-likeness (QED) is 0.483. The summed E-state index contributed by atoms with van der Waals surface area (Å²) in [7, 11) is 0. The van der Waals surface area contributed by atoms with E-state index >= 15 is 0 Å². The first-order valence-corrected chi connectivity index (χ1v) is 4.09. The molecule has 64 valence electrons. The van der Waals surface area contributed by atoms with Gasteiger partial charge in [0.15, 0.2) is 0 Å². The maximum absolute atomic E-state index is 3.60. The zero-order valence-corrected chi connectivity index (χ0v) is 7.85. The van der Waals surface area contributed by atoms with Gasteiger partial charge in [0.05, 0.1) is 0 Å². The van der Waals surface area contributed by atoms with Gasteiger partial charge in [0.25, 0.3) is 0 Å². The van der Waals surface area contributed by atoms with Crippen LogP contribution in [0.4, 0.5) is 0 Å². The van der Waals surface area contributed by atoms with Crippen LogP contribution in [0.25, 0.3) is 0 Å². The fourth-order valence-corrected chi connectivity index (χ4v) is 0.723. The molecule has 0 spiro atoms. The van der Waals surface area contributed by atoms with E-state index in [0.29, 0.717) is 0 Å². The Morgan fingerprint density at radius 1 is 1.36 bits per heavy atom. The Kier molecular flexibility index (Phi) is 4.88. The predicted octanol–water partition coefficient (Wildman–Crippen LogP) is 2.51. The third-order valence-corrected chi connectivity index (χ3v) is 1.24. The van der Waals surface area contributed by atoms with E-state index in [1.54, 1.807) is 6.08 Å². The highest BCUT2D eigenvalue weighted by molar-refractivity contribution is 4.97. The van der Waals surface area contributed by atoms with Gasteiger partial charge in [-0.05, 0) is 33.7 Å². The number of nitrogens with one attached hydrogen (secondary N) is 1. The molecule has 0 unspecified atom stereocenters. The largest absolute Gasteiger partial charge is 0.312 e. The van der Waals surface area contributed by atoms with Gasteiger partial charge in [-0.2, -0.15) is 0 Å². The van der Waals surface area contributed by atoms with E-state index in [9.17, 15) is 0 Å². The van der Waals surface area contributed by atoms with Gasteiger partial charge in [0, 0.05) is 5.54 Å². The molecule has 0 atom stereocenters. The van der Waals surface area contributed by atoms with Crippen molar-refractivity contribution in [1.82, 2.24) is 5.32 Å². The molecule has 0 saturated heterocycles. The van der Waals surface area contributed by atoms with Gasteiger partial charge in [-0.3, -0.25) is 0 Å². The van der Waals surface area contributed by atoms with E-state index in [1.807, 2.05) is 6.08 Å². The van der Waals surface area contributed by atoms with Gasteiger partial charge in [0.1, 0.15) is 0 Å². The van der Waals surface area contributed by atoms with Crippen molar-refractivity contribution in [3.8, 4) is 0 Å². The normalized spacial score (nSPS) is 12.3. The van der Waals surface area contributed by atoms with Crippen LogP contribution in [0.15, 0.2) is 24.8 Å². The molecule has 1 heteroatoms.